The molecule has 0 spiro atoms. The first kappa shape index (κ1) is 25.6. The van der Waals surface area contributed by atoms with Gasteiger partial charge in [-0.05, 0) is 74.4 Å². The highest BCUT2D eigenvalue weighted by Gasteiger charge is 2.33. The standard InChI is InChI=1S/C26H25ClF3N5OS/c1-34-9-7-19(8-10-34)35(2)25-32-24(36)23(37-25)20(15-4-6-22-17(11-15)14-31-33-22)12-16-3-5-18(27)13-21(16)26(28,29)30/h3-6,11-14,19,36H,7-10H2,1-2H3,(H,31,33). The number of hydrogen-bond acceptors (Lipinski definition) is 6. The number of hydrogen-bond donors (Lipinski definition) is 2. The first-order valence-electron chi connectivity index (χ1n) is 11.7. The van der Waals surface area contributed by atoms with Gasteiger partial charge in [0.05, 0.1) is 17.3 Å². The van der Waals surface area contributed by atoms with Crippen molar-refractivity contribution < 1.29 is 18.3 Å². The number of aromatic hydroxyl groups is 1. The van der Waals surface area contributed by atoms with Gasteiger partial charge in [0, 0.05) is 29.1 Å². The molecule has 0 unspecified atom stereocenters. The summed E-state index contributed by atoms with van der Waals surface area (Å²) < 4.78 is 41.7. The highest BCUT2D eigenvalue weighted by molar-refractivity contribution is 7.17. The van der Waals surface area contributed by atoms with Crippen molar-refractivity contribution >= 4 is 50.6 Å². The van der Waals surface area contributed by atoms with Crippen molar-refractivity contribution in [2.75, 3.05) is 32.1 Å². The number of thiazole rings is 1. The van der Waals surface area contributed by atoms with Crippen LogP contribution in [-0.4, -0.2) is 58.4 Å². The molecule has 0 amide bonds. The van der Waals surface area contributed by atoms with Crippen molar-refractivity contribution in [2.24, 2.45) is 0 Å². The average molecular weight is 548 g/mol. The number of aromatic amines is 1. The number of benzene rings is 2. The predicted octanol–water partition coefficient (Wildman–Crippen LogP) is 6.52. The second kappa shape index (κ2) is 10.00. The molecule has 37 heavy (non-hydrogen) atoms. The number of piperidine rings is 1. The number of likely N-dealkylation sites (tertiary alicyclic amines) is 1. The third kappa shape index (κ3) is 5.32. The molecule has 2 aromatic heterocycles. The Morgan fingerprint density at radius 3 is 2.70 bits per heavy atom. The summed E-state index contributed by atoms with van der Waals surface area (Å²) in [5, 5.41) is 19.3. The first-order valence-corrected chi connectivity index (χ1v) is 12.9. The fourth-order valence-electron chi connectivity index (χ4n) is 4.61. The van der Waals surface area contributed by atoms with Crippen molar-refractivity contribution in [3.63, 3.8) is 0 Å². The number of H-pyrrole nitrogens is 1. The zero-order chi connectivity index (χ0) is 26.3. The molecule has 0 atom stereocenters. The van der Waals surface area contributed by atoms with Gasteiger partial charge in [-0.2, -0.15) is 23.3 Å². The molecule has 5 rings (SSSR count). The van der Waals surface area contributed by atoms with Gasteiger partial charge in [-0.25, -0.2) is 0 Å². The van der Waals surface area contributed by atoms with Crippen LogP contribution in [-0.2, 0) is 6.18 Å². The number of nitrogens with zero attached hydrogens (tertiary/aromatic N) is 4. The summed E-state index contributed by atoms with van der Waals surface area (Å²) in [6.07, 6.45) is 0.398. The Kier molecular flexibility index (Phi) is 6.91. The minimum absolute atomic E-state index is 0.00600. The average Bonchev–Trinajstić information content (AvgIpc) is 3.48. The Hall–Kier alpha value is -3.08. The number of halogens is 4. The van der Waals surface area contributed by atoms with E-state index in [-0.39, 0.29) is 22.5 Å². The molecule has 0 saturated carbocycles. The molecule has 1 aliphatic heterocycles. The maximum Gasteiger partial charge on any atom is 0.417 e. The Labute approximate surface area is 221 Å². The summed E-state index contributed by atoms with van der Waals surface area (Å²) in [4.78, 5) is 9.13. The molecule has 2 aromatic carbocycles. The Bertz CT molecular complexity index is 1460. The van der Waals surface area contributed by atoms with Gasteiger partial charge in [0.1, 0.15) is 4.88 Å². The molecule has 1 aliphatic rings. The molecule has 3 heterocycles. The van der Waals surface area contributed by atoms with E-state index in [1.165, 1.54) is 29.5 Å². The molecule has 0 radical (unpaired) electrons. The van der Waals surface area contributed by atoms with Crippen LogP contribution in [0, 0.1) is 0 Å². The first-order chi connectivity index (χ1) is 17.6. The Morgan fingerprint density at radius 1 is 1.22 bits per heavy atom. The molecule has 6 nitrogen and oxygen atoms in total. The van der Waals surface area contributed by atoms with E-state index < -0.39 is 11.7 Å². The van der Waals surface area contributed by atoms with Crippen LogP contribution in [0.4, 0.5) is 18.3 Å². The predicted molar refractivity (Wildman–Crippen MR) is 142 cm³/mol. The number of aromatic nitrogens is 3. The van der Waals surface area contributed by atoms with Crippen LogP contribution < -0.4 is 4.90 Å². The fraction of sp³-hybridized carbons (Fsp3) is 0.308. The second-order valence-electron chi connectivity index (χ2n) is 9.25. The molecular weight excluding hydrogens is 523 g/mol. The zero-order valence-corrected chi connectivity index (χ0v) is 21.8. The molecule has 4 aromatic rings. The largest absolute Gasteiger partial charge is 0.492 e. The molecule has 1 saturated heterocycles. The maximum absolute atomic E-state index is 13.9. The monoisotopic (exact) mass is 547 g/mol. The number of rotatable bonds is 5. The third-order valence-corrected chi connectivity index (χ3v) is 8.16. The lowest BCUT2D eigenvalue weighted by Gasteiger charge is -2.34. The highest BCUT2D eigenvalue weighted by Crippen LogP contribution is 2.43. The molecule has 2 N–H and O–H groups in total. The highest BCUT2D eigenvalue weighted by atomic mass is 35.5. The van der Waals surface area contributed by atoms with Crippen molar-refractivity contribution in [1.82, 2.24) is 20.1 Å². The summed E-state index contributed by atoms with van der Waals surface area (Å²) in [6.45, 7) is 1.93. The van der Waals surface area contributed by atoms with Gasteiger partial charge in [-0.1, -0.05) is 35.1 Å². The van der Waals surface area contributed by atoms with Crippen molar-refractivity contribution in [1.29, 1.82) is 0 Å². The summed E-state index contributed by atoms with van der Waals surface area (Å²) in [7, 11) is 4.03. The molecule has 1 fully saturated rings. The van der Waals surface area contributed by atoms with E-state index in [4.69, 9.17) is 11.6 Å². The van der Waals surface area contributed by atoms with Crippen molar-refractivity contribution in [3.8, 4) is 5.88 Å². The van der Waals surface area contributed by atoms with Gasteiger partial charge in [0.15, 0.2) is 5.13 Å². The van der Waals surface area contributed by atoms with Gasteiger partial charge in [0.2, 0.25) is 5.88 Å². The molecule has 194 valence electrons. The van der Waals surface area contributed by atoms with Gasteiger partial charge in [-0.3, -0.25) is 5.10 Å². The van der Waals surface area contributed by atoms with Crippen LogP contribution in [0.25, 0.3) is 22.6 Å². The number of anilines is 1. The minimum Gasteiger partial charge on any atom is -0.492 e. The minimum atomic E-state index is -4.61. The lowest BCUT2D eigenvalue weighted by molar-refractivity contribution is -0.137. The zero-order valence-electron chi connectivity index (χ0n) is 20.2. The Balaban J connectivity index is 1.63. The van der Waals surface area contributed by atoms with E-state index in [1.54, 1.807) is 12.3 Å². The fourth-order valence-corrected chi connectivity index (χ4v) is 5.81. The second-order valence-corrected chi connectivity index (χ2v) is 10.7. The van der Waals surface area contributed by atoms with Crippen LogP contribution >= 0.6 is 22.9 Å². The van der Waals surface area contributed by atoms with Crippen LogP contribution in [0.1, 0.15) is 34.4 Å². The SMILES string of the molecule is CN1CCC(N(C)c2nc(O)c(C(=Cc3ccc(Cl)cc3C(F)(F)F)c3ccc4[nH]ncc4c3)s2)CC1. The third-order valence-electron chi connectivity index (χ3n) is 6.75. The van der Waals surface area contributed by atoms with Crippen LogP contribution in [0.5, 0.6) is 5.88 Å². The van der Waals surface area contributed by atoms with Crippen LogP contribution in [0.3, 0.4) is 0 Å². The normalized spacial score (nSPS) is 16.0. The molecule has 0 bridgehead atoms. The van der Waals surface area contributed by atoms with E-state index >= 15 is 0 Å². The lowest BCUT2D eigenvalue weighted by atomic mass is 9.97. The summed E-state index contributed by atoms with van der Waals surface area (Å²) in [5.74, 6) is -0.221. The van der Waals surface area contributed by atoms with Crippen LogP contribution in [0.2, 0.25) is 5.02 Å². The van der Waals surface area contributed by atoms with E-state index in [0.717, 1.165) is 42.9 Å². The molecule has 11 heteroatoms. The maximum atomic E-state index is 13.9. The number of alkyl halides is 3. The van der Waals surface area contributed by atoms with E-state index in [1.807, 2.05) is 19.2 Å². The van der Waals surface area contributed by atoms with Crippen LogP contribution in [0.15, 0.2) is 42.6 Å². The van der Waals surface area contributed by atoms with Crippen molar-refractivity contribution in [2.45, 2.75) is 25.1 Å². The molecule has 0 aliphatic carbocycles. The van der Waals surface area contributed by atoms with E-state index in [9.17, 15) is 18.3 Å². The molecular formula is C26H25ClF3N5OS. The smallest absolute Gasteiger partial charge is 0.417 e. The summed E-state index contributed by atoms with van der Waals surface area (Å²) in [6, 6.07) is 9.36. The quantitative estimate of drug-likeness (QED) is 0.279. The topological polar surface area (TPSA) is 68.3 Å². The Morgan fingerprint density at radius 2 is 1.97 bits per heavy atom. The number of nitrogens with one attached hydrogen (secondary N) is 1. The van der Waals surface area contributed by atoms with Gasteiger partial charge in [-0.15, -0.1) is 0 Å². The summed E-state index contributed by atoms with van der Waals surface area (Å²) in [5.41, 5.74) is 0.937. The lowest BCUT2D eigenvalue weighted by Crippen LogP contribution is -2.41. The van der Waals surface area contributed by atoms with E-state index in [2.05, 4.69) is 32.0 Å². The number of fused-ring (bicyclic) bond motifs is 1. The van der Waals surface area contributed by atoms with Gasteiger partial charge in [0.25, 0.3) is 0 Å². The van der Waals surface area contributed by atoms with E-state index in [0.29, 0.717) is 21.1 Å². The summed E-state index contributed by atoms with van der Waals surface area (Å²) >= 11 is 7.17. The van der Waals surface area contributed by atoms with Crippen molar-refractivity contribution in [3.05, 3.63) is 69.2 Å². The van der Waals surface area contributed by atoms with Gasteiger partial charge < -0.3 is 14.9 Å². The van der Waals surface area contributed by atoms with Gasteiger partial charge >= 0.3 is 6.18 Å².